The highest BCUT2D eigenvalue weighted by Gasteiger charge is 2.35. The largest absolute Gasteiger partial charge is 0.483 e. The fraction of sp³-hybridized carbons (Fsp3) is 0.586. The lowest BCUT2D eigenvalue weighted by Gasteiger charge is -2.42. The van der Waals surface area contributed by atoms with Crippen molar-refractivity contribution in [3.8, 4) is 5.75 Å². The summed E-state index contributed by atoms with van der Waals surface area (Å²) >= 11 is 0. The molecule has 2 aliphatic rings. The van der Waals surface area contributed by atoms with Gasteiger partial charge in [-0.1, -0.05) is 69.4 Å². The number of unbranched alkanes of at least 4 members (excludes halogenated alkanes) is 2. The van der Waals surface area contributed by atoms with Crippen molar-refractivity contribution in [1.29, 1.82) is 0 Å². The summed E-state index contributed by atoms with van der Waals surface area (Å²) in [6.45, 7) is 4.30. The molecule has 3 heteroatoms. The summed E-state index contributed by atoms with van der Waals surface area (Å²) < 4.78 is 34.8. The van der Waals surface area contributed by atoms with Gasteiger partial charge in [0.2, 0.25) is 0 Å². The highest BCUT2D eigenvalue weighted by atomic mass is 19.1. The maximum absolute atomic E-state index is 14.9. The third-order valence-corrected chi connectivity index (χ3v) is 7.98. The Morgan fingerprint density at radius 2 is 1.81 bits per heavy atom. The summed E-state index contributed by atoms with van der Waals surface area (Å²) in [5, 5.41) is 1.07. The van der Waals surface area contributed by atoms with Gasteiger partial charge in [-0.05, 0) is 79.7 Å². The Balaban J connectivity index is 1.44. The summed E-state index contributed by atoms with van der Waals surface area (Å²) in [5.74, 6) is 1.66. The lowest BCUT2D eigenvalue weighted by Crippen LogP contribution is -2.30. The molecule has 0 N–H and O–H groups in total. The van der Waals surface area contributed by atoms with Crippen molar-refractivity contribution in [3.63, 3.8) is 0 Å². The molecule has 0 radical (unpaired) electrons. The van der Waals surface area contributed by atoms with Crippen molar-refractivity contribution in [2.75, 3.05) is 6.61 Å². The predicted octanol–water partition coefficient (Wildman–Crippen LogP) is 8.95. The van der Waals surface area contributed by atoms with Gasteiger partial charge in [-0.2, -0.15) is 0 Å². The number of rotatable bonds is 8. The molecule has 2 aliphatic carbocycles. The van der Waals surface area contributed by atoms with Crippen molar-refractivity contribution in [2.45, 2.75) is 84.0 Å². The molecule has 2 aromatic rings. The minimum absolute atomic E-state index is 0.165. The molecule has 174 valence electrons. The van der Waals surface area contributed by atoms with Crippen molar-refractivity contribution in [2.24, 2.45) is 17.8 Å². The monoisotopic (exact) mass is 440 g/mol. The van der Waals surface area contributed by atoms with Crippen LogP contribution in [0.2, 0.25) is 0 Å². The van der Waals surface area contributed by atoms with Gasteiger partial charge in [0, 0.05) is 5.39 Å². The summed E-state index contributed by atoms with van der Waals surface area (Å²) in [6.07, 6.45) is 16.9. The molecular formula is C29H38F2O. The zero-order chi connectivity index (χ0) is 22.5. The Bertz CT molecular complexity index is 934. The van der Waals surface area contributed by atoms with Gasteiger partial charge in [-0.15, -0.1) is 0 Å². The smallest absolute Gasteiger partial charge is 0.191 e. The topological polar surface area (TPSA) is 9.23 Å². The number of hydrogen-bond donors (Lipinski definition) is 0. The summed E-state index contributed by atoms with van der Waals surface area (Å²) in [7, 11) is 0. The molecule has 4 rings (SSSR count). The highest BCUT2D eigenvalue weighted by molar-refractivity contribution is 5.85. The van der Waals surface area contributed by atoms with Crippen molar-refractivity contribution < 1.29 is 13.5 Å². The molecule has 1 nitrogen and oxygen atoms in total. The van der Waals surface area contributed by atoms with Crippen LogP contribution in [0.1, 0.15) is 89.5 Å². The Morgan fingerprint density at radius 1 is 1.00 bits per heavy atom. The zero-order valence-corrected chi connectivity index (χ0v) is 19.7. The number of fused-ring (bicyclic) bond motifs is 2. The molecule has 4 atom stereocenters. The maximum Gasteiger partial charge on any atom is 0.191 e. The second kappa shape index (κ2) is 10.8. The van der Waals surface area contributed by atoms with Crippen LogP contribution in [0.25, 0.3) is 10.8 Å². The number of hydrogen-bond acceptors (Lipinski definition) is 1. The quantitative estimate of drug-likeness (QED) is 0.294. The Labute approximate surface area is 192 Å². The van der Waals surface area contributed by atoms with E-state index in [1.807, 2.05) is 19.1 Å². The SMILES string of the molecule is CC=CCOc1c(F)cc2cc(C3CCC4CC(CCCCC)CCC4C3)ccc2c1F. The van der Waals surface area contributed by atoms with Gasteiger partial charge in [0.1, 0.15) is 6.61 Å². The van der Waals surface area contributed by atoms with Crippen LogP contribution in [0.4, 0.5) is 8.78 Å². The van der Waals surface area contributed by atoms with E-state index in [1.165, 1.54) is 75.8 Å². The third-order valence-electron chi connectivity index (χ3n) is 7.98. The number of allylic oxidation sites excluding steroid dienone is 1. The molecule has 4 unspecified atom stereocenters. The standard InChI is InChI=1S/C29H38F2O/c1-3-5-7-8-20-9-10-22-17-23(12-11-21(22)16-20)24-13-14-26-25(18-24)19-27(30)29(28(26)31)32-15-6-4-2/h4,6,13-14,18-23H,3,5,7-12,15-17H2,1-2H3. The fourth-order valence-corrected chi connectivity index (χ4v) is 6.18. The van der Waals surface area contributed by atoms with E-state index in [1.54, 1.807) is 12.2 Å². The first-order valence-corrected chi connectivity index (χ1v) is 12.8. The van der Waals surface area contributed by atoms with E-state index in [-0.39, 0.29) is 12.4 Å². The van der Waals surface area contributed by atoms with Crippen molar-refractivity contribution >= 4 is 10.8 Å². The molecule has 0 aromatic heterocycles. The highest BCUT2D eigenvalue weighted by Crippen LogP contribution is 2.48. The molecule has 0 heterocycles. The van der Waals surface area contributed by atoms with E-state index in [0.29, 0.717) is 16.7 Å². The van der Waals surface area contributed by atoms with E-state index >= 15 is 0 Å². The van der Waals surface area contributed by atoms with Gasteiger partial charge in [0.05, 0.1) is 0 Å². The van der Waals surface area contributed by atoms with E-state index in [9.17, 15) is 8.78 Å². The van der Waals surface area contributed by atoms with Crippen molar-refractivity contribution in [1.82, 2.24) is 0 Å². The molecule has 0 spiro atoms. The van der Waals surface area contributed by atoms with Gasteiger partial charge in [0.15, 0.2) is 17.4 Å². The number of halogens is 2. The summed E-state index contributed by atoms with van der Waals surface area (Å²) in [6, 6.07) is 7.32. The molecule has 2 aromatic carbocycles. The lowest BCUT2D eigenvalue weighted by molar-refractivity contribution is 0.113. The van der Waals surface area contributed by atoms with Crippen LogP contribution >= 0.6 is 0 Å². The second-order valence-electron chi connectivity index (χ2n) is 10.1. The number of ether oxygens (including phenoxy) is 1. The van der Waals surface area contributed by atoms with Crippen LogP contribution in [0.15, 0.2) is 36.4 Å². The average molecular weight is 441 g/mol. The maximum atomic E-state index is 14.9. The Hall–Kier alpha value is -1.90. The van der Waals surface area contributed by atoms with E-state index < -0.39 is 11.6 Å². The van der Waals surface area contributed by atoms with Crippen LogP contribution in [0, 0.1) is 29.4 Å². The zero-order valence-electron chi connectivity index (χ0n) is 19.7. The normalized spacial score (nSPS) is 25.9. The van der Waals surface area contributed by atoms with Crippen LogP contribution in [0.5, 0.6) is 5.75 Å². The molecule has 0 saturated heterocycles. The van der Waals surface area contributed by atoms with Crippen LogP contribution in [-0.2, 0) is 0 Å². The van der Waals surface area contributed by atoms with E-state index in [2.05, 4.69) is 13.0 Å². The first-order chi connectivity index (χ1) is 15.6. The molecule has 2 saturated carbocycles. The van der Waals surface area contributed by atoms with E-state index in [4.69, 9.17) is 4.74 Å². The molecule has 0 amide bonds. The fourth-order valence-electron chi connectivity index (χ4n) is 6.18. The van der Waals surface area contributed by atoms with Gasteiger partial charge >= 0.3 is 0 Å². The van der Waals surface area contributed by atoms with Crippen LogP contribution < -0.4 is 4.74 Å². The van der Waals surface area contributed by atoms with E-state index in [0.717, 1.165) is 17.8 Å². The third kappa shape index (κ3) is 5.18. The molecule has 32 heavy (non-hydrogen) atoms. The summed E-state index contributed by atoms with van der Waals surface area (Å²) in [4.78, 5) is 0. The molecule has 0 bridgehead atoms. The van der Waals surface area contributed by atoms with Crippen LogP contribution in [-0.4, -0.2) is 6.61 Å². The number of benzene rings is 2. The summed E-state index contributed by atoms with van der Waals surface area (Å²) in [5.41, 5.74) is 1.24. The Morgan fingerprint density at radius 3 is 2.62 bits per heavy atom. The van der Waals surface area contributed by atoms with Crippen molar-refractivity contribution in [3.05, 3.63) is 53.6 Å². The Kier molecular flexibility index (Phi) is 7.86. The first kappa shape index (κ1) is 23.3. The first-order valence-electron chi connectivity index (χ1n) is 12.8. The predicted molar refractivity (Wildman–Crippen MR) is 129 cm³/mol. The average Bonchev–Trinajstić information content (AvgIpc) is 2.80. The van der Waals surface area contributed by atoms with Crippen LogP contribution in [0.3, 0.4) is 0 Å². The minimum atomic E-state index is -0.623. The van der Waals surface area contributed by atoms with Gasteiger partial charge < -0.3 is 4.74 Å². The van der Waals surface area contributed by atoms with Gasteiger partial charge in [0.25, 0.3) is 0 Å². The molecule has 2 fully saturated rings. The molecular weight excluding hydrogens is 402 g/mol. The molecule has 0 aliphatic heterocycles. The minimum Gasteiger partial charge on any atom is -0.483 e. The second-order valence-corrected chi connectivity index (χ2v) is 10.1. The van der Waals surface area contributed by atoms with Gasteiger partial charge in [-0.3, -0.25) is 0 Å². The van der Waals surface area contributed by atoms with Gasteiger partial charge in [-0.25, -0.2) is 8.78 Å². The lowest BCUT2D eigenvalue weighted by atomic mass is 9.63.